The number of aromatic nitrogens is 3. The summed E-state index contributed by atoms with van der Waals surface area (Å²) in [6.07, 6.45) is -0.218. The van der Waals surface area contributed by atoms with Gasteiger partial charge in [0.25, 0.3) is 0 Å². The van der Waals surface area contributed by atoms with Gasteiger partial charge in [-0.3, -0.25) is 0 Å². The molecule has 0 bridgehead atoms. The highest BCUT2D eigenvalue weighted by Crippen LogP contribution is 2.47. The minimum absolute atomic E-state index is 0.204. The van der Waals surface area contributed by atoms with Crippen molar-refractivity contribution >= 4 is 21.8 Å². The van der Waals surface area contributed by atoms with Gasteiger partial charge in [-0.05, 0) is 88.1 Å². The molecule has 2 atom stereocenters. The number of likely N-dealkylation sites (tertiary alicyclic amines) is 1. The minimum atomic E-state index is -5.00. The number of alkyl halides is 3. The summed E-state index contributed by atoms with van der Waals surface area (Å²) in [6, 6.07) is 17.2. The molecular formula is C32H33F4N5O. The molecule has 10 heteroatoms. The number of aryl methyl sites for hydroxylation is 1. The van der Waals surface area contributed by atoms with Crippen LogP contribution in [0.2, 0.25) is 0 Å². The van der Waals surface area contributed by atoms with E-state index >= 15 is 0 Å². The van der Waals surface area contributed by atoms with Crippen molar-refractivity contribution in [1.82, 2.24) is 24.1 Å². The average Bonchev–Trinajstić information content (AvgIpc) is 3.70. The molecule has 220 valence electrons. The Morgan fingerprint density at radius 3 is 2.45 bits per heavy atom. The maximum atomic E-state index is 15.0. The molecule has 1 N–H and O–H groups in total. The van der Waals surface area contributed by atoms with E-state index in [0.29, 0.717) is 40.1 Å². The Hall–Kier alpha value is -3.73. The van der Waals surface area contributed by atoms with Gasteiger partial charge in [-0.25, -0.2) is 9.07 Å². The zero-order chi connectivity index (χ0) is 29.6. The van der Waals surface area contributed by atoms with Crippen LogP contribution in [0.25, 0.3) is 27.5 Å². The summed E-state index contributed by atoms with van der Waals surface area (Å²) < 4.78 is 61.6. The van der Waals surface area contributed by atoms with E-state index in [9.17, 15) is 22.7 Å². The molecule has 1 saturated heterocycles. The van der Waals surface area contributed by atoms with Gasteiger partial charge in [0.05, 0.1) is 17.4 Å². The van der Waals surface area contributed by atoms with E-state index in [-0.39, 0.29) is 11.1 Å². The van der Waals surface area contributed by atoms with Crippen LogP contribution in [-0.4, -0.2) is 75.2 Å². The van der Waals surface area contributed by atoms with Crippen LogP contribution in [-0.2, 0) is 12.1 Å². The van der Waals surface area contributed by atoms with Gasteiger partial charge >= 0.3 is 6.18 Å². The Labute approximate surface area is 241 Å². The van der Waals surface area contributed by atoms with E-state index in [1.807, 2.05) is 4.57 Å². The van der Waals surface area contributed by atoms with Crippen LogP contribution >= 0.6 is 0 Å². The SMILES string of the molecule is CN(C)[C@H]1CCN(CCCn2cc(C(O)(c3ccc4c(cnn4-c4ccc(F)cc4)c3)C(F)(F)F)c3ccccc32)C1. The molecule has 5 aromatic rings. The van der Waals surface area contributed by atoms with Gasteiger partial charge in [-0.1, -0.05) is 24.3 Å². The Bertz CT molecular complexity index is 1710. The summed E-state index contributed by atoms with van der Waals surface area (Å²) in [7, 11) is 4.16. The second kappa shape index (κ2) is 10.8. The quantitative estimate of drug-likeness (QED) is 0.231. The number of likely N-dealkylation sites (N-methyl/N-ethyl adjacent to an activating group) is 1. The molecule has 0 saturated carbocycles. The Kier molecular flexibility index (Phi) is 7.32. The van der Waals surface area contributed by atoms with E-state index < -0.39 is 17.6 Å². The monoisotopic (exact) mass is 579 g/mol. The minimum Gasteiger partial charge on any atom is -0.372 e. The van der Waals surface area contributed by atoms with Crippen LogP contribution in [0.1, 0.15) is 24.0 Å². The first-order chi connectivity index (χ1) is 20.1. The lowest BCUT2D eigenvalue weighted by Crippen LogP contribution is -2.43. The topological polar surface area (TPSA) is 49.5 Å². The number of rotatable bonds is 8. The number of hydrogen-bond donors (Lipinski definition) is 1. The molecule has 3 aromatic carbocycles. The number of para-hydroxylation sites is 1. The maximum Gasteiger partial charge on any atom is 0.425 e. The molecule has 1 aliphatic rings. The van der Waals surface area contributed by atoms with Crippen LogP contribution < -0.4 is 0 Å². The van der Waals surface area contributed by atoms with E-state index in [4.69, 9.17) is 0 Å². The summed E-state index contributed by atoms with van der Waals surface area (Å²) in [4.78, 5) is 4.62. The molecule has 0 spiro atoms. The van der Waals surface area contributed by atoms with E-state index in [1.165, 1.54) is 47.4 Å². The van der Waals surface area contributed by atoms with E-state index in [0.717, 1.165) is 32.5 Å². The predicted octanol–water partition coefficient (Wildman–Crippen LogP) is 5.94. The summed E-state index contributed by atoms with van der Waals surface area (Å²) >= 11 is 0. The van der Waals surface area contributed by atoms with Gasteiger partial charge in [0.2, 0.25) is 5.60 Å². The van der Waals surface area contributed by atoms with Crippen molar-refractivity contribution in [3.05, 3.63) is 96.1 Å². The van der Waals surface area contributed by atoms with Gasteiger partial charge in [0, 0.05) is 47.2 Å². The molecule has 1 aliphatic heterocycles. The molecule has 6 rings (SSSR count). The molecule has 0 amide bonds. The first-order valence-corrected chi connectivity index (χ1v) is 14.1. The number of fused-ring (bicyclic) bond motifs is 2. The highest BCUT2D eigenvalue weighted by Gasteiger charge is 2.57. The fourth-order valence-electron chi connectivity index (χ4n) is 6.14. The average molecular weight is 580 g/mol. The van der Waals surface area contributed by atoms with Crippen molar-refractivity contribution in [3.63, 3.8) is 0 Å². The second-order valence-electron chi connectivity index (χ2n) is 11.3. The number of nitrogens with zero attached hydrogens (tertiary/aromatic N) is 5. The number of benzene rings is 3. The van der Waals surface area contributed by atoms with Gasteiger partial charge in [-0.15, -0.1) is 0 Å². The Morgan fingerprint density at radius 1 is 0.976 bits per heavy atom. The summed E-state index contributed by atoms with van der Waals surface area (Å²) in [5, 5.41) is 16.8. The van der Waals surface area contributed by atoms with Crippen LogP contribution in [0, 0.1) is 5.82 Å². The third kappa shape index (κ3) is 4.97. The fraction of sp³-hybridized carbons (Fsp3) is 0.344. The molecule has 42 heavy (non-hydrogen) atoms. The molecular weight excluding hydrogens is 546 g/mol. The normalized spacial score (nSPS) is 18.0. The Morgan fingerprint density at radius 2 is 1.74 bits per heavy atom. The zero-order valence-corrected chi connectivity index (χ0v) is 23.5. The fourth-order valence-corrected chi connectivity index (χ4v) is 6.14. The largest absolute Gasteiger partial charge is 0.425 e. The lowest BCUT2D eigenvalue weighted by Gasteiger charge is -2.31. The molecule has 2 aromatic heterocycles. The van der Waals surface area contributed by atoms with E-state index in [1.54, 1.807) is 36.4 Å². The van der Waals surface area contributed by atoms with Gasteiger partial charge in [0.15, 0.2) is 0 Å². The van der Waals surface area contributed by atoms with Crippen molar-refractivity contribution in [2.45, 2.75) is 37.2 Å². The van der Waals surface area contributed by atoms with Crippen LogP contribution in [0.5, 0.6) is 0 Å². The molecule has 3 heterocycles. The highest BCUT2D eigenvalue weighted by atomic mass is 19.4. The molecule has 0 aliphatic carbocycles. The van der Waals surface area contributed by atoms with Gasteiger partial charge in [0.1, 0.15) is 5.82 Å². The lowest BCUT2D eigenvalue weighted by atomic mass is 9.85. The molecule has 0 radical (unpaired) electrons. The highest BCUT2D eigenvalue weighted by molar-refractivity contribution is 5.87. The number of hydrogen-bond acceptors (Lipinski definition) is 4. The van der Waals surface area contributed by atoms with Crippen molar-refractivity contribution in [3.8, 4) is 5.69 Å². The predicted molar refractivity (Wildman–Crippen MR) is 155 cm³/mol. The lowest BCUT2D eigenvalue weighted by molar-refractivity contribution is -0.247. The summed E-state index contributed by atoms with van der Waals surface area (Å²) in [6.45, 7) is 3.37. The molecule has 6 nitrogen and oxygen atoms in total. The van der Waals surface area contributed by atoms with Gasteiger partial charge < -0.3 is 19.5 Å². The van der Waals surface area contributed by atoms with E-state index in [2.05, 4.69) is 29.0 Å². The van der Waals surface area contributed by atoms with Crippen molar-refractivity contribution < 1.29 is 22.7 Å². The second-order valence-corrected chi connectivity index (χ2v) is 11.3. The third-order valence-electron chi connectivity index (χ3n) is 8.50. The standard InChI is InChI=1S/C32H33F4N5O/c1-38(2)26-14-17-39(20-26)15-5-16-40-21-28(27-6-3-4-7-30(27)40)31(42,32(34,35)36)23-8-13-29-22(18-23)19-37-41(29)25-11-9-24(33)10-12-25/h3-4,6-13,18-19,21,26,42H,5,14-17,20H2,1-2H3/t26-,31?/m0/s1. The molecule has 1 unspecified atom stereocenters. The molecule has 1 fully saturated rings. The Balaban J connectivity index is 1.35. The van der Waals surface area contributed by atoms with Crippen LogP contribution in [0.15, 0.2) is 79.1 Å². The summed E-state index contributed by atoms with van der Waals surface area (Å²) in [5.74, 6) is -0.402. The van der Waals surface area contributed by atoms with Crippen LogP contribution in [0.3, 0.4) is 0 Å². The van der Waals surface area contributed by atoms with Crippen LogP contribution in [0.4, 0.5) is 17.6 Å². The van der Waals surface area contributed by atoms with Crippen molar-refractivity contribution in [2.75, 3.05) is 33.7 Å². The smallest absolute Gasteiger partial charge is 0.372 e. The van der Waals surface area contributed by atoms with Crippen molar-refractivity contribution in [1.29, 1.82) is 0 Å². The number of halogens is 4. The first-order valence-electron chi connectivity index (χ1n) is 14.1. The number of aliphatic hydroxyl groups is 1. The third-order valence-corrected chi connectivity index (χ3v) is 8.50. The maximum absolute atomic E-state index is 15.0. The first kappa shape index (κ1) is 28.4. The summed E-state index contributed by atoms with van der Waals surface area (Å²) in [5.41, 5.74) is -2.00. The zero-order valence-electron chi connectivity index (χ0n) is 23.5. The van der Waals surface area contributed by atoms with Crippen molar-refractivity contribution in [2.24, 2.45) is 0 Å². The van der Waals surface area contributed by atoms with Gasteiger partial charge in [-0.2, -0.15) is 18.3 Å².